The number of pyridine rings is 2. The van der Waals surface area contributed by atoms with Gasteiger partial charge in [0.2, 0.25) is 5.91 Å². The number of hydrogen-bond donors (Lipinski definition) is 0. The zero-order valence-electron chi connectivity index (χ0n) is 15.0. The van der Waals surface area contributed by atoms with Gasteiger partial charge in [0.15, 0.2) is 0 Å². The molecule has 1 amide bonds. The van der Waals surface area contributed by atoms with E-state index in [2.05, 4.69) is 20.9 Å². The average Bonchev–Trinajstić information content (AvgIpc) is 3.37. The number of amides is 1. The summed E-state index contributed by atoms with van der Waals surface area (Å²) in [7, 11) is 0. The van der Waals surface area contributed by atoms with Crippen molar-refractivity contribution in [2.45, 2.75) is 31.6 Å². The van der Waals surface area contributed by atoms with Gasteiger partial charge in [-0.3, -0.25) is 14.8 Å². The maximum absolute atomic E-state index is 12.9. The van der Waals surface area contributed by atoms with Crippen LogP contribution in [0.3, 0.4) is 0 Å². The molecule has 0 N–H and O–H groups in total. The van der Waals surface area contributed by atoms with Gasteiger partial charge in [0, 0.05) is 55.1 Å². The zero-order chi connectivity index (χ0) is 17.8. The molecular weight excluding hydrogens is 326 g/mol. The minimum atomic E-state index is 0.222. The van der Waals surface area contributed by atoms with Crippen molar-refractivity contribution in [2.75, 3.05) is 19.7 Å². The summed E-state index contributed by atoms with van der Waals surface area (Å²) in [6, 6.07) is 9.75. The maximum atomic E-state index is 12.9. The van der Waals surface area contributed by atoms with Crippen LogP contribution in [0.15, 0.2) is 48.9 Å². The summed E-state index contributed by atoms with van der Waals surface area (Å²) in [4.78, 5) is 23.5. The molecule has 2 fully saturated rings. The lowest BCUT2D eigenvalue weighted by Crippen LogP contribution is -2.34. The smallest absolute Gasteiger partial charge is 0.225 e. The third-order valence-electron chi connectivity index (χ3n) is 5.64. The van der Waals surface area contributed by atoms with Gasteiger partial charge in [-0.25, -0.2) is 0 Å². The van der Waals surface area contributed by atoms with Crippen molar-refractivity contribution in [1.82, 2.24) is 14.9 Å². The van der Waals surface area contributed by atoms with E-state index in [0.717, 1.165) is 37.4 Å². The molecule has 3 heterocycles. The highest BCUT2D eigenvalue weighted by molar-refractivity contribution is 5.79. The average molecular weight is 351 g/mol. The van der Waals surface area contributed by atoms with Crippen LogP contribution in [0.2, 0.25) is 0 Å². The predicted molar refractivity (Wildman–Crippen MR) is 98.7 cm³/mol. The Bertz CT molecular complexity index is 717. The van der Waals surface area contributed by atoms with Crippen molar-refractivity contribution in [1.29, 1.82) is 0 Å². The lowest BCUT2D eigenvalue weighted by Gasteiger charge is -2.20. The molecular formula is C21H25N3O2. The van der Waals surface area contributed by atoms with Crippen LogP contribution >= 0.6 is 0 Å². The number of carbonyl (C=O) groups excluding carboxylic acids is 1. The Hall–Kier alpha value is -2.43. The first-order chi connectivity index (χ1) is 12.8. The van der Waals surface area contributed by atoms with Gasteiger partial charge < -0.3 is 9.64 Å². The Kier molecular flexibility index (Phi) is 5.14. The molecule has 2 aromatic rings. The summed E-state index contributed by atoms with van der Waals surface area (Å²) in [6.45, 7) is 2.08. The van der Waals surface area contributed by atoms with E-state index in [1.165, 1.54) is 12.8 Å². The van der Waals surface area contributed by atoms with Crippen LogP contribution in [0.25, 0.3) is 0 Å². The number of aromatic nitrogens is 2. The van der Waals surface area contributed by atoms with E-state index in [4.69, 9.17) is 4.74 Å². The molecule has 0 radical (unpaired) electrons. The van der Waals surface area contributed by atoms with Gasteiger partial charge in [0.25, 0.3) is 0 Å². The van der Waals surface area contributed by atoms with Crippen molar-refractivity contribution in [3.8, 4) is 5.75 Å². The first-order valence-corrected chi connectivity index (χ1v) is 9.54. The second-order valence-corrected chi connectivity index (χ2v) is 7.34. The molecule has 4 rings (SSSR count). The van der Waals surface area contributed by atoms with Gasteiger partial charge >= 0.3 is 0 Å². The Morgan fingerprint density at radius 3 is 2.62 bits per heavy atom. The first kappa shape index (κ1) is 17.0. The molecule has 0 spiro atoms. The highest BCUT2D eigenvalue weighted by atomic mass is 16.5. The quantitative estimate of drug-likeness (QED) is 0.829. The minimum Gasteiger partial charge on any atom is -0.493 e. The monoisotopic (exact) mass is 351 g/mol. The summed E-state index contributed by atoms with van der Waals surface area (Å²) >= 11 is 0. The van der Waals surface area contributed by atoms with Crippen LogP contribution in [0, 0.1) is 11.8 Å². The summed E-state index contributed by atoms with van der Waals surface area (Å²) in [5.74, 6) is 1.85. The molecule has 0 unspecified atom stereocenters. The highest BCUT2D eigenvalue weighted by Gasteiger charge is 2.39. The van der Waals surface area contributed by atoms with E-state index in [-0.39, 0.29) is 17.8 Å². The van der Waals surface area contributed by atoms with Gasteiger partial charge in [-0.15, -0.1) is 0 Å². The molecule has 1 saturated heterocycles. The molecule has 136 valence electrons. The van der Waals surface area contributed by atoms with E-state index in [1.54, 1.807) is 12.4 Å². The van der Waals surface area contributed by atoms with E-state index in [1.807, 2.05) is 30.5 Å². The van der Waals surface area contributed by atoms with Crippen LogP contribution in [0.5, 0.6) is 5.75 Å². The molecule has 1 aliphatic carbocycles. The van der Waals surface area contributed by atoms with Gasteiger partial charge in [0.05, 0.1) is 6.61 Å². The summed E-state index contributed by atoms with van der Waals surface area (Å²) in [5, 5.41) is 0. The normalized spacial score (nSPS) is 23.3. The Labute approximate surface area is 154 Å². The Morgan fingerprint density at radius 1 is 1.08 bits per heavy atom. The van der Waals surface area contributed by atoms with E-state index >= 15 is 0 Å². The molecule has 26 heavy (non-hydrogen) atoms. The minimum absolute atomic E-state index is 0.222. The van der Waals surface area contributed by atoms with Crippen LogP contribution in [-0.4, -0.2) is 40.5 Å². The number of rotatable bonds is 5. The number of likely N-dealkylation sites (tertiary alicyclic amines) is 1. The van der Waals surface area contributed by atoms with Crippen LogP contribution in [-0.2, 0) is 4.79 Å². The topological polar surface area (TPSA) is 55.3 Å². The molecule has 2 aromatic heterocycles. The maximum Gasteiger partial charge on any atom is 0.225 e. The van der Waals surface area contributed by atoms with Gasteiger partial charge in [-0.05, 0) is 37.1 Å². The molecule has 1 aliphatic heterocycles. The zero-order valence-corrected chi connectivity index (χ0v) is 15.0. The first-order valence-electron chi connectivity index (χ1n) is 9.54. The summed E-state index contributed by atoms with van der Waals surface area (Å²) < 4.78 is 5.99. The largest absolute Gasteiger partial charge is 0.493 e. The Morgan fingerprint density at radius 2 is 1.88 bits per heavy atom. The van der Waals surface area contributed by atoms with Gasteiger partial charge in [0.1, 0.15) is 5.75 Å². The fourth-order valence-corrected chi connectivity index (χ4v) is 4.22. The lowest BCUT2D eigenvalue weighted by atomic mass is 9.93. The Balaban J connectivity index is 1.48. The van der Waals surface area contributed by atoms with Crippen molar-refractivity contribution >= 4 is 5.91 Å². The fourth-order valence-electron chi connectivity index (χ4n) is 4.22. The van der Waals surface area contributed by atoms with Gasteiger partial charge in [-0.1, -0.05) is 18.9 Å². The van der Waals surface area contributed by atoms with E-state index < -0.39 is 0 Å². The van der Waals surface area contributed by atoms with Crippen LogP contribution in [0.1, 0.15) is 37.3 Å². The van der Waals surface area contributed by atoms with Crippen molar-refractivity contribution in [3.63, 3.8) is 0 Å². The van der Waals surface area contributed by atoms with Crippen LogP contribution in [0.4, 0.5) is 0 Å². The molecule has 2 aliphatic rings. The third-order valence-corrected chi connectivity index (χ3v) is 5.64. The molecule has 0 bridgehead atoms. The third kappa shape index (κ3) is 3.71. The van der Waals surface area contributed by atoms with E-state index in [0.29, 0.717) is 12.5 Å². The van der Waals surface area contributed by atoms with Crippen molar-refractivity contribution in [3.05, 3.63) is 54.6 Å². The van der Waals surface area contributed by atoms with Crippen molar-refractivity contribution < 1.29 is 9.53 Å². The fraction of sp³-hybridized carbons (Fsp3) is 0.476. The molecule has 0 aromatic carbocycles. The predicted octanol–water partition coefficient (Wildman–Crippen LogP) is 3.29. The summed E-state index contributed by atoms with van der Waals surface area (Å²) in [6.07, 6.45) is 9.75. The number of nitrogens with zero attached hydrogens (tertiary/aromatic N) is 3. The standard InChI is InChI=1S/C21H25N3O2/c25-21(16-5-1-2-6-16)24-13-17(15-26-18-8-11-22-12-9-18)19(14-24)20-7-3-4-10-23-20/h3-4,7-12,16-17,19H,1-2,5-6,13-15H2/t17-,19+/m0/s1. The highest BCUT2D eigenvalue weighted by Crippen LogP contribution is 2.35. The number of carbonyl (C=O) groups is 1. The second-order valence-electron chi connectivity index (χ2n) is 7.34. The molecule has 5 heteroatoms. The molecule has 5 nitrogen and oxygen atoms in total. The van der Waals surface area contributed by atoms with Crippen LogP contribution < -0.4 is 4.74 Å². The number of ether oxygens (including phenoxy) is 1. The summed E-state index contributed by atoms with van der Waals surface area (Å²) in [5.41, 5.74) is 1.05. The van der Waals surface area contributed by atoms with Gasteiger partial charge in [-0.2, -0.15) is 0 Å². The number of hydrogen-bond acceptors (Lipinski definition) is 4. The second kappa shape index (κ2) is 7.85. The molecule has 2 atom stereocenters. The van der Waals surface area contributed by atoms with E-state index in [9.17, 15) is 4.79 Å². The SMILES string of the molecule is O=C(C1CCCC1)N1C[C@@H](COc2ccncc2)[C@H](c2ccccn2)C1. The molecule has 1 saturated carbocycles. The lowest BCUT2D eigenvalue weighted by molar-refractivity contribution is -0.134. The van der Waals surface area contributed by atoms with Crippen molar-refractivity contribution in [2.24, 2.45) is 11.8 Å².